The van der Waals surface area contributed by atoms with Gasteiger partial charge in [-0.15, -0.1) is 0 Å². The molecule has 2 amide bonds. The molecule has 0 radical (unpaired) electrons. The molecular formula is C23H26N4O5. The lowest BCUT2D eigenvalue weighted by Crippen LogP contribution is -2.35. The van der Waals surface area contributed by atoms with Crippen LogP contribution in [-0.4, -0.2) is 49.7 Å². The summed E-state index contributed by atoms with van der Waals surface area (Å²) in [6, 6.07) is 10.8. The number of H-pyrrole nitrogens is 1. The van der Waals surface area contributed by atoms with Gasteiger partial charge in [-0.25, -0.2) is 4.98 Å². The minimum atomic E-state index is -0.478. The molecule has 3 aromatic rings. The van der Waals surface area contributed by atoms with E-state index in [0.29, 0.717) is 28.8 Å². The highest BCUT2D eigenvalue weighted by Gasteiger charge is 2.36. The van der Waals surface area contributed by atoms with E-state index in [-0.39, 0.29) is 30.8 Å². The molecule has 1 aromatic heterocycles. The number of anilines is 1. The van der Waals surface area contributed by atoms with Gasteiger partial charge < -0.3 is 29.4 Å². The van der Waals surface area contributed by atoms with Crippen molar-refractivity contribution in [3.05, 3.63) is 42.2 Å². The van der Waals surface area contributed by atoms with Crippen LogP contribution in [0.5, 0.6) is 17.2 Å². The molecular weight excluding hydrogens is 412 g/mol. The molecule has 0 aliphatic carbocycles. The number of ether oxygens (including phenoxy) is 3. The number of hydrogen-bond acceptors (Lipinski definition) is 6. The zero-order chi connectivity index (χ0) is 22.8. The predicted octanol–water partition coefficient (Wildman–Crippen LogP) is 2.82. The maximum absolute atomic E-state index is 12.9. The van der Waals surface area contributed by atoms with E-state index in [4.69, 9.17) is 14.2 Å². The van der Waals surface area contributed by atoms with E-state index >= 15 is 0 Å². The number of hydrogen-bond donors (Lipinski definition) is 2. The van der Waals surface area contributed by atoms with E-state index in [0.717, 1.165) is 11.0 Å². The summed E-state index contributed by atoms with van der Waals surface area (Å²) in [6.07, 6.45) is 0.120. The average molecular weight is 438 g/mol. The van der Waals surface area contributed by atoms with Crippen molar-refractivity contribution in [1.82, 2.24) is 15.3 Å². The molecule has 9 nitrogen and oxygen atoms in total. The molecule has 2 unspecified atom stereocenters. The molecule has 0 saturated carbocycles. The fourth-order valence-corrected chi connectivity index (χ4v) is 3.93. The maximum atomic E-state index is 12.9. The molecule has 1 saturated heterocycles. The maximum Gasteiger partial charge on any atom is 0.227 e. The van der Waals surface area contributed by atoms with Crippen molar-refractivity contribution in [3.63, 3.8) is 0 Å². The number of carbonyl (C=O) groups is 2. The lowest BCUT2D eigenvalue weighted by atomic mass is 10.1. The second-order valence-electron chi connectivity index (χ2n) is 7.66. The van der Waals surface area contributed by atoms with E-state index in [1.807, 2.05) is 31.2 Å². The van der Waals surface area contributed by atoms with Crippen LogP contribution in [0.15, 0.2) is 36.4 Å². The summed E-state index contributed by atoms with van der Waals surface area (Å²) in [5.74, 6) is 1.19. The molecule has 168 valence electrons. The van der Waals surface area contributed by atoms with Gasteiger partial charge in [0.15, 0.2) is 11.5 Å². The Bertz CT molecular complexity index is 1100. The Labute approximate surface area is 185 Å². The van der Waals surface area contributed by atoms with Gasteiger partial charge in [-0.2, -0.15) is 0 Å². The number of imidazole rings is 1. The highest BCUT2D eigenvalue weighted by atomic mass is 16.5. The minimum Gasteiger partial charge on any atom is -0.493 e. The lowest BCUT2D eigenvalue weighted by Gasteiger charge is -2.21. The molecule has 4 rings (SSSR count). The van der Waals surface area contributed by atoms with Crippen LogP contribution in [-0.2, 0) is 9.59 Å². The van der Waals surface area contributed by atoms with Crippen molar-refractivity contribution < 1.29 is 23.8 Å². The van der Waals surface area contributed by atoms with Gasteiger partial charge in [0.05, 0.1) is 50.0 Å². The number of rotatable bonds is 7. The molecule has 1 fully saturated rings. The Morgan fingerprint density at radius 2 is 1.84 bits per heavy atom. The Morgan fingerprint density at radius 1 is 1.16 bits per heavy atom. The van der Waals surface area contributed by atoms with E-state index < -0.39 is 5.92 Å². The quantitative estimate of drug-likeness (QED) is 0.588. The second-order valence-corrected chi connectivity index (χ2v) is 7.66. The number of methoxy groups -OCH3 is 3. The van der Waals surface area contributed by atoms with Crippen molar-refractivity contribution in [2.45, 2.75) is 19.4 Å². The minimum absolute atomic E-state index is 0.120. The van der Waals surface area contributed by atoms with Gasteiger partial charge in [0, 0.05) is 25.1 Å². The first kappa shape index (κ1) is 21.5. The summed E-state index contributed by atoms with van der Waals surface area (Å²) < 4.78 is 16.1. The van der Waals surface area contributed by atoms with Crippen molar-refractivity contribution in [3.8, 4) is 17.2 Å². The standard InChI is InChI=1S/C23H26N4O5/c1-13(22-25-16-7-5-6-8-17(16)26-22)24-23(29)14-9-20(28)27(12-14)15-10-18(30-2)21(32-4)19(11-15)31-3/h5-8,10-11,13-14H,9,12H2,1-4H3,(H,24,29)(H,25,26). The monoisotopic (exact) mass is 438 g/mol. The first-order chi connectivity index (χ1) is 15.4. The Morgan fingerprint density at radius 3 is 2.47 bits per heavy atom. The van der Waals surface area contributed by atoms with Crippen LogP contribution in [0.25, 0.3) is 11.0 Å². The van der Waals surface area contributed by atoms with E-state index in [1.54, 1.807) is 17.0 Å². The van der Waals surface area contributed by atoms with Crippen LogP contribution < -0.4 is 24.4 Å². The van der Waals surface area contributed by atoms with Crippen LogP contribution in [0.4, 0.5) is 5.69 Å². The third-order valence-corrected chi connectivity index (χ3v) is 5.63. The summed E-state index contributed by atoms with van der Waals surface area (Å²) in [5.41, 5.74) is 2.34. The number of amides is 2. The largest absolute Gasteiger partial charge is 0.493 e. The summed E-state index contributed by atoms with van der Waals surface area (Å²) >= 11 is 0. The number of para-hydroxylation sites is 2. The van der Waals surface area contributed by atoms with Gasteiger partial charge in [-0.1, -0.05) is 12.1 Å². The van der Waals surface area contributed by atoms with Crippen molar-refractivity contribution in [2.24, 2.45) is 5.92 Å². The summed E-state index contributed by atoms with van der Waals surface area (Å²) in [4.78, 5) is 35.0. The van der Waals surface area contributed by atoms with Crippen molar-refractivity contribution in [2.75, 3.05) is 32.8 Å². The SMILES string of the molecule is COc1cc(N2CC(C(=O)NC(C)c3nc4ccccc4[nH]3)CC2=O)cc(OC)c1OC. The van der Waals surface area contributed by atoms with Gasteiger partial charge in [0.1, 0.15) is 5.82 Å². The second kappa shape index (κ2) is 8.78. The molecule has 2 N–H and O–H groups in total. The molecule has 0 bridgehead atoms. The summed E-state index contributed by atoms with van der Waals surface area (Å²) in [5, 5.41) is 2.97. The number of aromatic amines is 1. The van der Waals surface area contributed by atoms with Crippen molar-refractivity contribution >= 4 is 28.5 Å². The van der Waals surface area contributed by atoms with E-state index in [1.165, 1.54) is 21.3 Å². The fraction of sp³-hybridized carbons (Fsp3) is 0.348. The summed E-state index contributed by atoms with van der Waals surface area (Å²) in [6.45, 7) is 2.12. The molecule has 1 aliphatic heterocycles. The zero-order valence-electron chi connectivity index (χ0n) is 18.5. The number of nitrogens with zero attached hydrogens (tertiary/aromatic N) is 2. The molecule has 9 heteroatoms. The smallest absolute Gasteiger partial charge is 0.227 e. The number of carbonyl (C=O) groups excluding carboxylic acids is 2. The number of fused-ring (bicyclic) bond motifs is 1. The van der Waals surface area contributed by atoms with Crippen LogP contribution in [0.3, 0.4) is 0 Å². The van der Waals surface area contributed by atoms with E-state index in [2.05, 4.69) is 15.3 Å². The van der Waals surface area contributed by atoms with Crippen molar-refractivity contribution in [1.29, 1.82) is 0 Å². The zero-order valence-corrected chi connectivity index (χ0v) is 18.5. The van der Waals surface area contributed by atoms with Crippen LogP contribution >= 0.6 is 0 Å². The van der Waals surface area contributed by atoms with Crippen LogP contribution in [0, 0.1) is 5.92 Å². The number of nitrogens with one attached hydrogen (secondary N) is 2. The normalized spacial score (nSPS) is 16.8. The third kappa shape index (κ3) is 3.93. The fourth-order valence-electron chi connectivity index (χ4n) is 3.93. The van der Waals surface area contributed by atoms with Gasteiger partial charge in [0.25, 0.3) is 0 Å². The first-order valence-corrected chi connectivity index (χ1v) is 10.3. The molecule has 32 heavy (non-hydrogen) atoms. The topological polar surface area (TPSA) is 106 Å². The Balaban J connectivity index is 1.49. The molecule has 1 aliphatic rings. The highest BCUT2D eigenvalue weighted by Crippen LogP contribution is 2.42. The third-order valence-electron chi connectivity index (χ3n) is 5.63. The number of benzene rings is 2. The van der Waals surface area contributed by atoms with Gasteiger partial charge in [-0.05, 0) is 19.1 Å². The molecule has 0 spiro atoms. The molecule has 2 heterocycles. The van der Waals surface area contributed by atoms with Gasteiger partial charge >= 0.3 is 0 Å². The summed E-state index contributed by atoms with van der Waals surface area (Å²) in [7, 11) is 4.55. The first-order valence-electron chi connectivity index (χ1n) is 10.3. The van der Waals surface area contributed by atoms with Crippen LogP contribution in [0.1, 0.15) is 25.2 Å². The van der Waals surface area contributed by atoms with E-state index in [9.17, 15) is 9.59 Å². The van der Waals surface area contributed by atoms with Crippen LogP contribution in [0.2, 0.25) is 0 Å². The van der Waals surface area contributed by atoms with Gasteiger partial charge in [0.2, 0.25) is 17.6 Å². The molecule has 2 aromatic carbocycles. The Hall–Kier alpha value is -3.75. The molecule has 2 atom stereocenters. The Kier molecular flexibility index (Phi) is 5.89. The van der Waals surface area contributed by atoms with Gasteiger partial charge in [-0.3, -0.25) is 9.59 Å². The number of aromatic nitrogens is 2. The highest BCUT2D eigenvalue weighted by molar-refractivity contribution is 6.00. The average Bonchev–Trinajstić information content (AvgIpc) is 3.41. The predicted molar refractivity (Wildman–Crippen MR) is 119 cm³/mol. The lowest BCUT2D eigenvalue weighted by molar-refractivity contribution is -0.126.